The van der Waals surface area contributed by atoms with E-state index in [9.17, 15) is 9.59 Å². The van der Waals surface area contributed by atoms with E-state index in [1.807, 2.05) is 47.4 Å². The summed E-state index contributed by atoms with van der Waals surface area (Å²) in [6, 6.07) is 18.1. The number of fused-ring (bicyclic) bond motifs is 2. The van der Waals surface area contributed by atoms with Gasteiger partial charge < -0.3 is 4.90 Å². The van der Waals surface area contributed by atoms with Crippen LogP contribution in [0.1, 0.15) is 54.6 Å². The number of rotatable bonds is 3. The zero-order valence-electron chi connectivity index (χ0n) is 15.5. The molecule has 1 amide bonds. The maximum Gasteiger partial charge on any atom is 0.254 e. The molecule has 1 spiro atoms. The van der Waals surface area contributed by atoms with Gasteiger partial charge >= 0.3 is 0 Å². The lowest BCUT2D eigenvalue weighted by Gasteiger charge is -2.47. The number of carbonyl (C=O) groups is 2. The highest BCUT2D eigenvalue weighted by Gasteiger charge is 2.55. The molecule has 2 aliphatic rings. The summed E-state index contributed by atoms with van der Waals surface area (Å²) in [6.07, 6.45) is 2.67. The summed E-state index contributed by atoms with van der Waals surface area (Å²) in [6.45, 7) is 4.93. The van der Waals surface area contributed by atoms with Gasteiger partial charge in [0.15, 0.2) is 0 Å². The molecule has 0 saturated heterocycles. The van der Waals surface area contributed by atoms with E-state index in [0.717, 1.165) is 24.0 Å². The summed E-state index contributed by atoms with van der Waals surface area (Å²) in [7, 11) is 0. The molecule has 2 aromatic carbocycles. The Morgan fingerprint density at radius 3 is 2.35 bits per heavy atom. The van der Waals surface area contributed by atoms with Crippen molar-refractivity contribution in [1.29, 1.82) is 0 Å². The minimum atomic E-state index is -0.485. The molecule has 1 aliphatic carbocycles. The standard InChI is InChI=1S/C23H25NO2/c1-22(2)14-18(25)15-23(16-22)20-11-7-6-10-19(20)21(26)24(23)13-12-17-8-4-3-5-9-17/h3-11H,12-16H2,1-2H3. The Labute approximate surface area is 155 Å². The van der Waals surface area contributed by atoms with E-state index in [1.54, 1.807) is 0 Å². The molecule has 1 unspecified atom stereocenters. The van der Waals surface area contributed by atoms with Gasteiger partial charge in [0.1, 0.15) is 5.78 Å². The molecule has 26 heavy (non-hydrogen) atoms. The van der Waals surface area contributed by atoms with Crippen LogP contribution >= 0.6 is 0 Å². The third-order valence-corrected chi connectivity index (χ3v) is 5.82. The maximum atomic E-state index is 13.2. The van der Waals surface area contributed by atoms with Gasteiger partial charge in [-0.3, -0.25) is 9.59 Å². The summed E-state index contributed by atoms with van der Waals surface area (Å²) in [5, 5.41) is 0. The van der Waals surface area contributed by atoms with E-state index in [1.165, 1.54) is 5.56 Å². The fourth-order valence-corrected chi connectivity index (χ4v) is 4.98. The van der Waals surface area contributed by atoms with Gasteiger partial charge in [-0.25, -0.2) is 0 Å². The van der Waals surface area contributed by atoms with Crippen LogP contribution in [0.3, 0.4) is 0 Å². The normalized spacial score (nSPS) is 24.2. The molecule has 0 radical (unpaired) electrons. The molecule has 1 fully saturated rings. The SMILES string of the molecule is CC1(C)CC(=O)CC2(C1)c1ccccc1C(=O)N2CCc1ccccc1. The van der Waals surface area contributed by atoms with Crippen molar-refractivity contribution in [2.24, 2.45) is 5.41 Å². The average molecular weight is 347 g/mol. The third-order valence-electron chi connectivity index (χ3n) is 5.82. The minimum Gasteiger partial charge on any atom is -0.328 e. The lowest BCUT2D eigenvalue weighted by molar-refractivity contribution is -0.128. The van der Waals surface area contributed by atoms with Crippen molar-refractivity contribution < 1.29 is 9.59 Å². The van der Waals surface area contributed by atoms with Crippen molar-refractivity contribution in [2.45, 2.75) is 45.1 Å². The summed E-state index contributed by atoms with van der Waals surface area (Å²) >= 11 is 0. The zero-order valence-corrected chi connectivity index (χ0v) is 15.5. The molecule has 1 heterocycles. The first-order chi connectivity index (χ1) is 12.4. The Bertz CT molecular complexity index is 856. The Morgan fingerprint density at radius 2 is 1.62 bits per heavy atom. The Balaban J connectivity index is 1.74. The second-order valence-corrected chi connectivity index (χ2v) is 8.50. The predicted octanol–water partition coefficient (Wildman–Crippen LogP) is 4.36. The van der Waals surface area contributed by atoms with Gasteiger partial charge in [0.05, 0.1) is 5.54 Å². The zero-order chi connectivity index (χ0) is 18.4. The summed E-state index contributed by atoms with van der Waals surface area (Å²) in [4.78, 5) is 27.9. The molecule has 3 nitrogen and oxygen atoms in total. The Morgan fingerprint density at radius 1 is 0.923 bits per heavy atom. The lowest BCUT2D eigenvalue weighted by Crippen LogP contribution is -2.51. The number of benzene rings is 2. The second-order valence-electron chi connectivity index (χ2n) is 8.50. The van der Waals surface area contributed by atoms with E-state index in [2.05, 4.69) is 26.0 Å². The van der Waals surface area contributed by atoms with Crippen LogP contribution in [0, 0.1) is 5.41 Å². The van der Waals surface area contributed by atoms with Crippen LogP contribution in [0.15, 0.2) is 54.6 Å². The van der Waals surface area contributed by atoms with Crippen LogP contribution in [-0.4, -0.2) is 23.1 Å². The number of hydrogen-bond acceptors (Lipinski definition) is 2. The lowest BCUT2D eigenvalue weighted by atomic mass is 9.65. The van der Waals surface area contributed by atoms with Crippen molar-refractivity contribution in [1.82, 2.24) is 4.90 Å². The minimum absolute atomic E-state index is 0.0713. The molecule has 0 aromatic heterocycles. The second kappa shape index (κ2) is 6.08. The molecule has 0 N–H and O–H groups in total. The predicted molar refractivity (Wildman–Crippen MR) is 102 cm³/mol. The first kappa shape index (κ1) is 17.0. The van der Waals surface area contributed by atoms with E-state index in [4.69, 9.17) is 0 Å². The number of Topliss-reactive ketones (excluding diaryl/α,β-unsaturated/α-hetero) is 1. The number of amides is 1. The molecular formula is C23H25NO2. The van der Waals surface area contributed by atoms with E-state index >= 15 is 0 Å². The van der Waals surface area contributed by atoms with Crippen molar-refractivity contribution in [3.05, 3.63) is 71.3 Å². The van der Waals surface area contributed by atoms with Gasteiger partial charge in [0, 0.05) is 24.9 Å². The summed E-state index contributed by atoms with van der Waals surface area (Å²) < 4.78 is 0. The quantitative estimate of drug-likeness (QED) is 0.827. The highest BCUT2D eigenvalue weighted by atomic mass is 16.2. The topological polar surface area (TPSA) is 37.4 Å². The van der Waals surface area contributed by atoms with Crippen LogP contribution in [0.25, 0.3) is 0 Å². The van der Waals surface area contributed by atoms with E-state index < -0.39 is 5.54 Å². The smallest absolute Gasteiger partial charge is 0.254 e. The van der Waals surface area contributed by atoms with Crippen molar-refractivity contribution >= 4 is 11.7 Å². The van der Waals surface area contributed by atoms with Crippen LogP contribution in [0.2, 0.25) is 0 Å². The van der Waals surface area contributed by atoms with Crippen molar-refractivity contribution in [2.75, 3.05) is 6.54 Å². The molecule has 1 atom stereocenters. The van der Waals surface area contributed by atoms with Crippen LogP contribution in [0.5, 0.6) is 0 Å². The molecule has 3 heteroatoms. The first-order valence-corrected chi connectivity index (χ1v) is 9.38. The number of nitrogens with zero attached hydrogens (tertiary/aromatic N) is 1. The molecule has 1 aliphatic heterocycles. The van der Waals surface area contributed by atoms with Crippen LogP contribution in [-0.2, 0) is 16.8 Å². The van der Waals surface area contributed by atoms with Gasteiger partial charge in [-0.1, -0.05) is 62.4 Å². The Kier molecular flexibility index (Phi) is 3.98. The molecule has 1 saturated carbocycles. The number of carbonyl (C=O) groups excluding carboxylic acids is 2. The largest absolute Gasteiger partial charge is 0.328 e. The molecule has 134 valence electrons. The molecule has 4 rings (SSSR count). The monoisotopic (exact) mass is 347 g/mol. The Hall–Kier alpha value is -2.42. The van der Waals surface area contributed by atoms with Gasteiger partial charge in [0.25, 0.3) is 5.91 Å². The number of ketones is 1. The van der Waals surface area contributed by atoms with Gasteiger partial charge in [-0.05, 0) is 35.4 Å². The molecule has 0 bridgehead atoms. The van der Waals surface area contributed by atoms with Crippen LogP contribution in [0.4, 0.5) is 0 Å². The van der Waals surface area contributed by atoms with Crippen LogP contribution < -0.4 is 0 Å². The van der Waals surface area contributed by atoms with Crippen molar-refractivity contribution in [3.63, 3.8) is 0 Å². The first-order valence-electron chi connectivity index (χ1n) is 9.38. The highest BCUT2D eigenvalue weighted by molar-refractivity contribution is 6.01. The van der Waals surface area contributed by atoms with E-state index in [0.29, 0.717) is 19.4 Å². The number of hydrogen-bond donors (Lipinski definition) is 0. The molecular weight excluding hydrogens is 322 g/mol. The van der Waals surface area contributed by atoms with Gasteiger partial charge in [0.2, 0.25) is 0 Å². The highest BCUT2D eigenvalue weighted by Crippen LogP contribution is 2.52. The summed E-state index contributed by atoms with van der Waals surface area (Å²) in [5.41, 5.74) is 2.44. The fourth-order valence-electron chi connectivity index (χ4n) is 4.98. The van der Waals surface area contributed by atoms with Crippen molar-refractivity contribution in [3.8, 4) is 0 Å². The summed E-state index contributed by atoms with van der Waals surface area (Å²) in [5.74, 6) is 0.331. The van der Waals surface area contributed by atoms with E-state index in [-0.39, 0.29) is 17.1 Å². The van der Waals surface area contributed by atoms with Gasteiger partial charge in [-0.15, -0.1) is 0 Å². The average Bonchev–Trinajstić information content (AvgIpc) is 2.81. The van der Waals surface area contributed by atoms with Gasteiger partial charge in [-0.2, -0.15) is 0 Å². The molecule has 2 aromatic rings. The fraction of sp³-hybridized carbons (Fsp3) is 0.391. The maximum absolute atomic E-state index is 13.2. The third kappa shape index (κ3) is 2.76.